The van der Waals surface area contributed by atoms with Crippen LogP contribution in [-0.2, 0) is 6.54 Å². The number of nitrogens with one attached hydrogen (secondary N) is 1. The zero-order valence-electron chi connectivity index (χ0n) is 9.12. The van der Waals surface area contributed by atoms with Crippen molar-refractivity contribution in [2.24, 2.45) is 0 Å². The molecule has 2 rings (SSSR count). The van der Waals surface area contributed by atoms with E-state index in [-0.39, 0.29) is 5.82 Å². The van der Waals surface area contributed by atoms with E-state index in [0.29, 0.717) is 0 Å². The summed E-state index contributed by atoms with van der Waals surface area (Å²) in [4.78, 5) is 9.60. The van der Waals surface area contributed by atoms with Crippen molar-refractivity contribution in [3.05, 3.63) is 34.0 Å². The highest BCUT2D eigenvalue weighted by Crippen LogP contribution is 2.25. The van der Waals surface area contributed by atoms with Gasteiger partial charge in [-0.05, 0) is 26.1 Å². The van der Waals surface area contributed by atoms with E-state index >= 15 is 0 Å². The van der Waals surface area contributed by atoms with E-state index in [2.05, 4.69) is 15.3 Å². The van der Waals surface area contributed by atoms with Crippen molar-refractivity contribution >= 4 is 11.3 Å². The van der Waals surface area contributed by atoms with E-state index in [4.69, 9.17) is 0 Å². The van der Waals surface area contributed by atoms with Gasteiger partial charge in [-0.2, -0.15) is 0 Å². The lowest BCUT2D eigenvalue weighted by Gasteiger charge is -1.96. The number of nitrogens with zero attached hydrogens (tertiary/aromatic N) is 2. The number of aryl methyl sites for hydroxylation is 1. The number of hydrogen-bond donors (Lipinski definition) is 1. The lowest BCUT2D eigenvalue weighted by Crippen LogP contribution is -2.04. The Labute approximate surface area is 97.4 Å². The lowest BCUT2D eigenvalue weighted by molar-refractivity contribution is 0.622. The molecule has 2 aromatic heterocycles. The van der Waals surface area contributed by atoms with E-state index in [0.717, 1.165) is 27.8 Å². The minimum Gasteiger partial charge on any atom is -0.314 e. The zero-order chi connectivity index (χ0) is 11.5. The van der Waals surface area contributed by atoms with Crippen molar-refractivity contribution in [2.75, 3.05) is 7.05 Å². The van der Waals surface area contributed by atoms with Gasteiger partial charge < -0.3 is 5.32 Å². The fourth-order valence-electron chi connectivity index (χ4n) is 1.43. The third kappa shape index (κ3) is 2.25. The maximum absolute atomic E-state index is 12.7. The minimum absolute atomic E-state index is 0.327. The summed E-state index contributed by atoms with van der Waals surface area (Å²) in [6.45, 7) is 2.74. The number of pyridine rings is 1. The van der Waals surface area contributed by atoms with Gasteiger partial charge in [-0.25, -0.2) is 9.37 Å². The molecule has 1 N–H and O–H groups in total. The average Bonchev–Trinajstić information content (AvgIpc) is 2.61. The summed E-state index contributed by atoms with van der Waals surface area (Å²) < 4.78 is 12.7. The van der Waals surface area contributed by atoms with E-state index in [9.17, 15) is 4.39 Å². The second kappa shape index (κ2) is 4.67. The smallest absolute Gasteiger partial charge is 0.141 e. The van der Waals surface area contributed by atoms with Crippen molar-refractivity contribution in [1.29, 1.82) is 0 Å². The lowest BCUT2D eigenvalue weighted by atomic mass is 10.2. The second-order valence-electron chi connectivity index (χ2n) is 3.40. The van der Waals surface area contributed by atoms with Crippen LogP contribution < -0.4 is 5.32 Å². The van der Waals surface area contributed by atoms with Crippen molar-refractivity contribution in [2.45, 2.75) is 13.5 Å². The molecule has 16 heavy (non-hydrogen) atoms. The topological polar surface area (TPSA) is 37.8 Å². The molecule has 5 heteroatoms. The van der Waals surface area contributed by atoms with Crippen molar-refractivity contribution in [3.63, 3.8) is 0 Å². The molecule has 0 amide bonds. The monoisotopic (exact) mass is 237 g/mol. The standard InChI is InChI=1S/C11H12FN3S/c1-7-11(15-10(16-7)6-13-2)9-4-3-8(12)5-14-9/h3-5,13H,6H2,1-2H3. The molecule has 3 nitrogen and oxygen atoms in total. The predicted octanol–water partition coefficient (Wildman–Crippen LogP) is 2.37. The summed E-state index contributed by atoms with van der Waals surface area (Å²) in [6, 6.07) is 3.05. The van der Waals surface area contributed by atoms with Crippen LogP contribution in [0.4, 0.5) is 4.39 Å². The summed E-state index contributed by atoms with van der Waals surface area (Å²) in [5.74, 6) is -0.327. The third-order valence-corrected chi connectivity index (χ3v) is 3.11. The molecule has 0 bridgehead atoms. The Morgan fingerprint density at radius 1 is 1.44 bits per heavy atom. The largest absolute Gasteiger partial charge is 0.314 e. The summed E-state index contributed by atoms with van der Waals surface area (Å²) in [5.41, 5.74) is 1.56. The molecule has 0 saturated carbocycles. The molecular formula is C11H12FN3S. The number of aromatic nitrogens is 2. The van der Waals surface area contributed by atoms with Crippen LogP contribution in [0, 0.1) is 12.7 Å². The van der Waals surface area contributed by atoms with Crippen LogP contribution in [0.25, 0.3) is 11.4 Å². The van der Waals surface area contributed by atoms with Crippen LogP contribution in [0.1, 0.15) is 9.88 Å². The van der Waals surface area contributed by atoms with Crippen LogP contribution in [0.2, 0.25) is 0 Å². The van der Waals surface area contributed by atoms with Crippen LogP contribution in [0.15, 0.2) is 18.3 Å². The molecule has 0 aliphatic carbocycles. The van der Waals surface area contributed by atoms with Crippen LogP contribution in [0.3, 0.4) is 0 Å². The summed E-state index contributed by atoms with van der Waals surface area (Å²) in [6.07, 6.45) is 1.21. The fourth-order valence-corrected chi connectivity index (χ4v) is 2.39. The van der Waals surface area contributed by atoms with Crippen LogP contribution >= 0.6 is 11.3 Å². The molecule has 0 saturated heterocycles. The number of rotatable bonds is 3. The van der Waals surface area contributed by atoms with E-state index in [1.54, 1.807) is 17.4 Å². The average molecular weight is 237 g/mol. The van der Waals surface area contributed by atoms with Crippen molar-refractivity contribution in [1.82, 2.24) is 15.3 Å². The van der Waals surface area contributed by atoms with Gasteiger partial charge in [0.15, 0.2) is 0 Å². The molecule has 84 valence electrons. The van der Waals surface area contributed by atoms with Crippen molar-refractivity contribution in [3.8, 4) is 11.4 Å². The summed E-state index contributed by atoms with van der Waals surface area (Å²) >= 11 is 1.63. The van der Waals surface area contributed by atoms with Gasteiger partial charge in [0.1, 0.15) is 16.5 Å². The molecule has 0 spiro atoms. The zero-order valence-corrected chi connectivity index (χ0v) is 9.94. The molecule has 0 aromatic carbocycles. The molecule has 0 unspecified atom stereocenters. The normalized spacial score (nSPS) is 10.7. The number of halogens is 1. The van der Waals surface area contributed by atoms with Crippen LogP contribution in [0.5, 0.6) is 0 Å². The fraction of sp³-hybridized carbons (Fsp3) is 0.273. The molecular weight excluding hydrogens is 225 g/mol. The second-order valence-corrected chi connectivity index (χ2v) is 4.69. The molecule has 0 aliphatic heterocycles. The SMILES string of the molecule is CNCc1nc(-c2ccc(F)cn2)c(C)s1. The Bertz CT molecular complexity index is 478. The molecule has 2 heterocycles. The Morgan fingerprint density at radius 3 is 2.88 bits per heavy atom. The maximum atomic E-state index is 12.7. The van der Waals surface area contributed by atoms with Crippen LogP contribution in [-0.4, -0.2) is 17.0 Å². The summed E-state index contributed by atoms with van der Waals surface area (Å²) in [7, 11) is 1.88. The predicted molar refractivity (Wildman–Crippen MR) is 62.8 cm³/mol. The third-order valence-electron chi connectivity index (χ3n) is 2.14. The van der Waals surface area contributed by atoms with Gasteiger partial charge in [0.05, 0.1) is 11.9 Å². The molecule has 0 atom stereocenters. The first-order chi connectivity index (χ1) is 7.70. The highest BCUT2D eigenvalue weighted by atomic mass is 32.1. The number of thiazole rings is 1. The first kappa shape index (κ1) is 11.2. The van der Waals surface area contributed by atoms with Gasteiger partial charge in [0.25, 0.3) is 0 Å². The molecule has 0 fully saturated rings. The van der Waals surface area contributed by atoms with E-state index < -0.39 is 0 Å². The Kier molecular flexibility index (Phi) is 3.26. The van der Waals surface area contributed by atoms with E-state index in [1.807, 2.05) is 14.0 Å². The van der Waals surface area contributed by atoms with Gasteiger partial charge in [-0.1, -0.05) is 0 Å². The molecule has 0 aliphatic rings. The molecule has 2 aromatic rings. The first-order valence-electron chi connectivity index (χ1n) is 4.93. The molecule has 0 radical (unpaired) electrons. The Hall–Kier alpha value is -1.33. The Balaban J connectivity index is 2.36. The summed E-state index contributed by atoms with van der Waals surface area (Å²) in [5, 5.41) is 4.07. The highest BCUT2D eigenvalue weighted by Gasteiger charge is 2.10. The minimum atomic E-state index is -0.327. The van der Waals surface area contributed by atoms with Crippen molar-refractivity contribution < 1.29 is 4.39 Å². The van der Waals surface area contributed by atoms with Gasteiger partial charge in [0, 0.05) is 11.4 Å². The highest BCUT2D eigenvalue weighted by molar-refractivity contribution is 7.12. The number of hydrogen-bond acceptors (Lipinski definition) is 4. The quantitative estimate of drug-likeness (QED) is 0.890. The van der Waals surface area contributed by atoms with Gasteiger partial charge in [-0.15, -0.1) is 11.3 Å². The van der Waals surface area contributed by atoms with Gasteiger partial charge in [0.2, 0.25) is 0 Å². The maximum Gasteiger partial charge on any atom is 0.141 e. The first-order valence-corrected chi connectivity index (χ1v) is 5.75. The van der Waals surface area contributed by atoms with Gasteiger partial charge >= 0.3 is 0 Å². The van der Waals surface area contributed by atoms with Gasteiger partial charge in [-0.3, -0.25) is 4.98 Å². The van der Waals surface area contributed by atoms with E-state index in [1.165, 1.54) is 12.3 Å². The Morgan fingerprint density at radius 2 is 2.25 bits per heavy atom.